The number of rotatable bonds is 3. The van der Waals surface area contributed by atoms with E-state index in [0.29, 0.717) is 24.3 Å². The molecule has 0 atom stereocenters. The van der Waals surface area contributed by atoms with E-state index < -0.39 is 5.60 Å². The normalized spacial score (nSPS) is 15.4. The fourth-order valence-corrected chi connectivity index (χ4v) is 2.76. The predicted molar refractivity (Wildman–Crippen MR) is 95.8 cm³/mol. The van der Waals surface area contributed by atoms with E-state index in [1.807, 2.05) is 27.7 Å². The first-order chi connectivity index (χ1) is 11.7. The second kappa shape index (κ2) is 7.51. The van der Waals surface area contributed by atoms with Crippen molar-refractivity contribution in [1.29, 1.82) is 5.26 Å². The molecular formula is C18H24N4O3. The molecule has 0 radical (unpaired) electrons. The molecule has 1 saturated heterocycles. The van der Waals surface area contributed by atoms with Crippen LogP contribution in [0, 0.1) is 23.2 Å². The Hall–Kier alpha value is -2.62. The molecule has 0 spiro atoms. The Morgan fingerprint density at radius 1 is 1.36 bits per heavy atom. The number of amides is 1. The maximum absolute atomic E-state index is 12.1. The number of anilines is 1. The zero-order valence-electron chi connectivity index (χ0n) is 15.1. The average molecular weight is 344 g/mol. The van der Waals surface area contributed by atoms with Crippen molar-refractivity contribution in [2.75, 3.05) is 18.4 Å². The molecule has 1 aliphatic heterocycles. The molecule has 1 N–H and O–H groups in total. The number of likely N-dealkylation sites (tertiary alicyclic amines) is 1. The third kappa shape index (κ3) is 4.92. The molecule has 134 valence electrons. The topological polar surface area (TPSA) is 94.8 Å². The average Bonchev–Trinajstić information content (AvgIpc) is 2.54. The Morgan fingerprint density at radius 2 is 2.00 bits per heavy atom. The second-order valence-electron chi connectivity index (χ2n) is 7.27. The first-order valence-electron chi connectivity index (χ1n) is 8.36. The van der Waals surface area contributed by atoms with E-state index in [2.05, 4.69) is 16.6 Å². The largest absolute Gasteiger partial charge is 0.444 e. The number of nitroso groups, excluding NO2 is 1. The highest BCUT2D eigenvalue weighted by Crippen LogP contribution is 2.30. The summed E-state index contributed by atoms with van der Waals surface area (Å²) in [6.07, 6.45) is 1.20. The number of hydrogen-bond acceptors (Lipinski definition) is 6. The van der Waals surface area contributed by atoms with Gasteiger partial charge in [0.1, 0.15) is 11.3 Å². The van der Waals surface area contributed by atoms with Crippen LogP contribution in [0.4, 0.5) is 16.2 Å². The van der Waals surface area contributed by atoms with Gasteiger partial charge in [-0.3, -0.25) is 0 Å². The molecule has 1 aliphatic rings. The Bertz CT molecular complexity index is 695. The van der Waals surface area contributed by atoms with Crippen LogP contribution < -0.4 is 5.32 Å². The van der Waals surface area contributed by atoms with Gasteiger partial charge in [0.05, 0.1) is 17.3 Å². The van der Waals surface area contributed by atoms with Crippen molar-refractivity contribution in [3.05, 3.63) is 28.2 Å². The summed E-state index contributed by atoms with van der Waals surface area (Å²) < 4.78 is 5.39. The van der Waals surface area contributed by atoms with Gasteiger partial charge < -0.3 is 15.0 Å². The van der Waals surface area contributed by atoms with Gasteiger partial charge in [-0.05, 0) is 63.4 Å². The minimum atomic E-state index is -0.503. The highest BCUT2D eigenvalue weighted by Gasteiger charge is 2.27. The predicted octanol–water partition coefficient (Wildman–Crippen LogP) is 4.08. The number of nitrogens with one attached hydrogen (secondary N) is 1. The summed E-state index contributed by atoms with van der Waals surface area (Å²) in [5, 5.41) is 15.4. The monoisotopic (exact) mass is 344 g/mol. The standard InChI is InChI=1S/C18H24N4O3/c1-12-9-15(16(21-24)10-13(12)11-19)20-14-5-7-22(8-6-14)17(23)25-18(2,3)4/h9-10,14,20H,5-8H2,1-4H3. The van der Waals surface area contributed by atoms with Crippen molar-refractivity contribution < 1.29 is 9.53 Å². The van der Waals surface area contributed by atoms with Gasteiger partial charge in [0.25, 0.3) is 0 Å². The molecule has 7 nitrogen and oxygen atoms in total. The summed E-state index contributed by atoms with van der Waals surface area (Å²) in [5.74, 6) is 0. The van der Waals surface area contributed by atoms with Gasteiger partial charge >= 0.3 is 6.09 Å². The quantitative estimate of drug-likeness (QED) is 0.834. The van der Waals surface area contributed by atoms with Crippen LogP contribution in [0.15, 0.2) is 17.3 Å². The minimum Gasteiger partial charge on any atom is -0.444 e. The van der Waals surface area contributed by atoms with Crippen molar-refractivity contribution in [3.8, 4) is 6.07 Å². The third-order valence-corrected chi connectivity index (χ3v) is 4.07. The number of piperidine rings is 1. The molecule has 1 aromatic carbocycles. The van der Waals surface area contributed by atoms with Crippen molar-refractivity contribution in [1.82, 2.24) is 4.90 Å². The molecule has 0 bridgehead atoms. The second-order valence-corrected chi connectivity index (χ2v) is 7.27. The van der Waals surface area contributed by atoms with Crippen LogP contribution in [0.5, 0.6) is 0 Å². The molecule has 1 amide bonds. The Labute approximate surface area is 147 Å². The molecule has 25 heavy (non-hydrogen) atoms. The zero-order chi connectivity index (χ0) is 18.6. The summed E-state index contributed by atoms with van der Waals surface area (Å²) in [6.45, 7) is 8.54. The van der Waals surface area contributed by atoms with Crippen LogP contribution in [-0.4, -0.2) is 35.7 Å². The number of nitrogens with zero attached hydrogens (tertiary/aromatic N) is 3. The smallest absolute Gasteiger partial charge is 0.410 e. The molecule has 1 fully saturated rings. The van der Waals surface area contributed by atoms with Crippen LogP contribution in [0.3, 0.4) is 0 Å². The summed E-state index contributed by atoms with van der Waals surface area (Å²) in [7, 11) is 0. The maximum atomic E-state index is 12.1. The first-order valence-corrected chi connectivity index (χ1v) is 8.36. The number of nitriles is 1. The third-order valence-electron chi connectivity index (χ3n) is 4.07. The molecule has 2 rings (SSSR count). The van der Waals surface area contributed by atoms with Gasteiger partial charge in [-0.1, -0.05) is 0 Å². The van der Waals surface area contributed by atoms with E-state index in [-0.39, 0.29) is 17.8 Å². The Balaban J connectivity index is 1.99. The van der Waals surface area contributed by atoms with Crippen LogP contribution in [0.1, 0.15) is 44.7 Å². The molecule has 1 heterocycles. The van der Waals surface area contributed by atoms with E-state index >= 15 is 0 Å². The lowest BCUT2D eigenvalue weighted by atomic mass is 10.0. The van der Waals surface area contributed by atoms with Crippen molar-refractivity contribution >= 4 is 17.5 Å². The van der Waals surface area contributed by atoms with Gasteiger partial charge in [0, 0.05) is 19.1 Å². The molecular weight excluding hydrogens is 320 g/mol. The highest BCUT2D eigenvalue weighted by atomic mass is 16.6. The van der Waals surface area contributed by atoms with E-state index in [9.17, 15) is 9.70 Å². The first kappa shape index (κ1) is 18.7. The summed E-state index contributed by atoms with van der Waals surface area (Å²) in [6, 6.07) is 5.46. The maximum Gasteiger partial charge on any atom is 0.410 e. The van der Waals surface area contributed by atoms with E-state index in [1.54, 1.807) is 11.0 Å². The lowest BCUT2D eigenvalue weighted by Crippen LogP contribution is -2.44. The van der Waals surface area contributed by atoms with E-state index in [1.165, 1.54) is 6.07 Å². The molecule has 1 aromatic rings. The van der Waals surface area contributed by atoms with Gasteiger partial charge in [-0.15, -0.1) is 4.91 Å². The van der Waals surface area contributed by atoms with Crippen LogP contribution in [0.2, 0.25) is 0 Å². The van der Waals surface area contributed by atoms with Crippen molar-refractivity contribution in [2.24, 2.45) is 5.18 Å². The number of carbonyl (C=O) groups is 1. The fraction of sp³-hybridized carbons (Fsp3) is 0.556. The lowest BCUT2D eigenvalue weighted by molar-refractivity contribution is 0.0210. The lowest BCUT2D eigenvalue weighted by Gasteiger charge is -2.34. The summed E-state index contributed by atoms with van der Waals surface area (Å²) >= 11 is 0. The Kier molecular flexibility index (Phi) is 5.62. The van der Waals surface area contributed by atoms with E-state index in [0.717, 1.165) is 18.4 Å². The summed E-state index contributed by atoms with van der Waals surface area (Å²) in [4.78, 5) is 24.8. The molecule has 7 heteroatoms. The van der Waals surface area contributed by atoms with Crippen molar-refractivity contribution in [3.63, 3.8) is 0 Å². The van der Waals surface area contributed by atoms with Crippen molar-refractivity contribution in [2.45, 2.75) is 52.2 Å². The molecule has 0 saturated carbocycles. The van der Waals surface area contributed by atoms with E-state index in [4.69, 9.17) is 10.00 Å². The minimum absolute atomic E-state index is 0.131. The van der Waals surface area contributed by atoms with Crippen LogP contribution in [0.25, 0.3) is 0 Å². The van der Waals surface area contributed by atoms with Crippen LogP contribution in [-0.2, 0) is 4.74 Å². The number of benzene rings is 1. The zero-order valence-corrected chi connectivity index (χ0v) is 15.1. The summed E-state index contributed by atoms with van der Waals surface area (Å²) in [5.41, 5.74) is 1.60. The number of carbonyl (C=O) groups excluding carboxylic acids is 1. The van der Waals surface area contributed by atoms with Gasteiger partial charge in [0.2, 0.25) is 0 Å². The van der Waals surface area contributed by atoms with Gasteiger partial charge in [-0.2, -0.15) is 5.26 Å². The molecule has 0 unspecified atom stereocenters. The SMILES string of the molecule is Cc1cc(NC2CCN(C(=O)OC(C)(C)C)CC2)c(N=O)cc1C#N. The number of ether oxygens (including phenoxy) is 1. The number of aryl methyl sites for hydroxylation is 1. The number of hydrogen-bond donors (Lipinski definition) is 1. The van der Waals surface area contributed by atoms with Gasteiger partial charge in [-0.25, -0.2) is 4.79 Å². The Morgan fingerprint density at radius 3 is 2.52 bits per heavy atom. The van der Waals surface area contributed by atoms with Gasteiger partial charge in [0.15, 0.2) is 0 Å². The molecule has 0 aliphatic carbocycles. The highest BCUT2D eigenvalue weighted by molar-refractivity contribution is 5.70. The fourth-order valence-electron chi connectivity index (χ4n) is 2.76. The van der Waals surface area contributed by atoms with Crippen LogP contribution >= 0.6 is 0 Å². The molecule has 0 aromatic heterocycles.